The van der Waals surface area contributed by atoms with E-state index in [1.54, 1.807) is 0 Å². The fourth-order valence-corrected chi connectivity index (χ4v) is 1.64. The van der Waals surface area contributed by atoms with Gasteiger partial charge >= 0.3 is 12.1 Å². The summed E-state index contributed by atoms with van der Waals surface area (Å²) < 4.78 is 42.6. The summed E-state index contributed by atoms with van der Waals surface area (Å²) in [6.45, 7) is -0.545. The van der Waals surface area contributed by atoms with Gasteiger partial charge < -0.3 is 10.1 Å². The van der Waals surface area contributed by atoms with Crippen LogP contribution in [0, 0.1) is 12.3 Å². The first-order valence-corrected chi connectivity index (χ1v) is 6.53. The predicted molar refractivity (Wildman–Crippen MR) is 78.3 cm³/mol. The van der Waals surface area contributed by atoms with Crippen molar-refractivity contribution in [3.8, 4) is 12.3 Å². The van der Waals surface area contributed by atoms with Crippen LogP contribution in [-0.2, 0) is 20.5 Å². The molecule has 0 heterocycles. The summed E-state index contributed by atoms with van der Waals surface area (Å²) >= 11 is 5.48. The van der Waals surface area contributed by atoms with Gasteiger partial charge in [-0.15, -0.1) is 6.42 Å². The lowest BCUT2D eigenvalue weighted by Gasteiger charge is -2.09. The Bertz CT molecular complexity index is 663. The van der Waals surface area contributed by atoms with Crippen molar-refractivity contribution in [2.45, 2.75) is 6.18 Å². The van der Waals surface area contributed by atoms with Gasteiger partial charge in [0.05, 0.1) is 17.1 Å². The number of alkyl halides is 3. The second-order valence-electron chi connectivity index (χ2n) is 4.16. The standard InChI is InChI=1S/C15H11ClF3NO3/c1-2-7-20-13(21)9-23-14(22)6-4-10-3-5-12(16)11(8-10)15(17,18)19/h1,3-6,8H,7,9H2,(H,20,21)/b6-4+. The number of halogens is 4. The summed E-state index contributed by atoms with van der Waals surface area (Å²) in [6, 6.07) is 3.18. The molecule has 1 rings (SSSR count). The highest BCUT2D eigenvalue weighted by molar-refractivity contribution is 6.31. The van der Waals surface area contributed by atoms with E-state index in [1.807, 2.05) is 0 Å². The predicted octanol–water partition coefficient (Wildman–Crippen LogP) is 2.66. The molecule has 0 unspecified atom stereocenters. The fourth-order valence-electron chi connectivity index (χ4n) is 1.41. The molecule has 8 heteroatoms. The number of esters is 1. The zero-order valence-corrected chi connectivity index (χ0v) is 12.4. The smallest absolute Gasteiger partial charge is 0.417 e. The second-order valence-corrected chi connectivity index (χ2v) is 4.57. The zero-order valence-electron chi connectivity index (χ0n) is 11.6. The van der Waals surface area contributed by atoms with Crippen molar-refractivity contribution >= 4 is 29.6 Å². The molecule has 1 aromatic rings. The maximum Gasteiger partial charge on any atom is 0.417 e. The van der Waals surface area contributed by atoms with E-state index in [2.05, 4.69) is 16.0 Å². The second kappa shape index (κ2) is 8.25. The van der Waals surface area contributed by atoms with Crippen LogP contribution in [0.3, 0.4) is 0 Å². The summed E-state index contributed by atoms with van der Waals surface area (Å²) in [5.74, 6) is 0.693. The molecule has 1 N–H and O–H groups in total. The van der Waals surface area contributed by atoms with E-state index in [9.17, 15) is 22.8 Å². The third-order valence-electron chi connectivity index (χ3n) is 2.44. The molecule has 0 spiro atoms. The van der Waals surface area contributed by atoms with Crippen molar-refractivity contribution in [1.82, 2.24) is 5.32 Å². The summed E-state index contributed by atoms with van der Waals surface area (Å²) in [7, 11) is 0. The molecule has 0 atom stereocenters. The summed E-state index contributed by atoms with van der Waals surface area (Å²) in [5.41, 5.74) is -0.904. The van der Waals surface area contributed by atoms with Crippen LogP contribution in [0.5, 0.6) is 0 Å². The lowest BCUT2D eigenvalue weighted by molar-refractivity contribution is -0.143. The van der Waals surface area contributed by atoms with E-state index in [0.717, 1.165) is 24.3 Å². The van der Waals surface area contributed by atoms with E-state index in [-0.39, 0.29) is 12.1 Å². The van der Waals surface area contributed by atoms with Crippen LogP contribution in [0.15, 0.2) is 24.3 Å². The van der Waals surface area contributed by atoms with Crippen LogP contribution in [0.2, 0.25) is 5.02 Å². The van der Waals surface area contributed by atoms with Crippen molar-refractivity contribution in [2.75, 3.05) is 13.2 Å². The lowest BCUT2D eigenvalue weighted by Crippen LogP contribution is -2.28. The van der Waals surface area contributed by atoms with Gasteiger partial charge in [-0.25, -0.2) is 4.79 Å². The van der Waals surface area contributed by atoms with Crippen molar-refractivity contribution in [2.24, 2.45) is 0 Å². The Balaban J connectivity index is 2.66. The van der Waals surface area contributed by atoms with Crippen LogP contribution in [0.25, 0.3) is 6.08 Å². The van der Waals surface area contributed by atoms with Gasteiger partial charge in [-0.05, 0) is 23.8 Å². The molecule has 23 heavy (non-hydrogen) atoms. The van der Waals surface area contributed by atoms with Crippen LogP contribution in [0.4, 0.5) is 13.2 Å². The molecule has 122 valence electrons. The number of benzene rings is 1. The van der Waals surface area contributed by atoms with Gasteiger partial charge in [0, 0.05) is 6.08 Å². The Morgan fingerprint density at radius 2 is 2.09 bits per heavy atom. The molecule has 0 aliphatic heterocycles. The Kier molecular flexibility index (Phi) is 6.66. The highest BCUT2D eigenvalue weighted by Gasteiger charge is 2.33. The third-order valence-corrected chi connectivity index (χ3v) is 2.77. The molecule has 0 aliphatic carbocycles. The number of hydrogen-bond acceptors (Lipinski definition) is 3. The largest absolute Gasteiger partial charge is 0.452 e. The molecule has 0 saturated carbocycles. The Labute approximate surface area is 135 Å². The first-order chi connectivity index (χ1) is 10.7. The minimum Gasteiger partial charge on any atom is -0.452 e. The third kappa shape index (κ3) is 6.45. The molecule has 0 aliphatic rings. The van der Waals surface area contributed by atoms with Gasteiger partial charge in [0.1, 0.15) is 0 Å². The van der Waals surface area contributed by atoms with Gasteiger partial charge in [0.2, 0.25) is 0 Å². The molecule has 0 bridgehead atoms. The van der Waals surface area contributed by atoms with E-state index in [1.165, 1.54) is 6.07 Å². The first kappa shape index (κ1) is 18.6. The van der Waals surface area contributed by atoms with Crippen molar-refractivity contribution in [1.29, 1.82) is 0 Å². The van der Waals surface area contributed by atoms with Crippen LogP contribution >= 0.6 is 11.6 Å². The molecule has 0 radical (unpaired) electrons. The summed E-state index contributed by atoms with van der Waals surface area (Å²) in [6.07, 6.45) is 2.34. The molecule has 0 fully saturated rings. The van der Waals surface area contributed by atoms with Crippen molar-refractivity contribution in [3.63, 3.8) is 0 Å². The Morgan fingerprint density at radius 3 is 2.70 bits per heavy atom. The average molecular weight is 346 g/mol. The normalized spacial score (nSPS) is 11.1. The van der Waals surface area contributed by atoms with Gasteiger partial charge in [-0.1, -0.05) is 23.6 Å². The molecule has 1 aromatic carbocycles. The Hall–Kier alpha value is -2.46. The molecule has 4 nitrogen and oxygen atoms in total. The van der Waals surface area contributed by atoms with E-state index >= 15 is 0 Å². The van der Waals surface area contributed by atoms with Gasteiger partial charge in [-0.2, -0.15) is 13.2 Å². The monoisotopic (exact) mass is 345 g/mol. The SMILES string of the molecule is C#CCNC(=O)COC(=O)/C=C/c1ccc(Cl)c(C(F)(F)F)c1. The number of hydrogen-bond donors (Lipinski definition) is 1. The maximum absolute atomic E-state index is 12.7. The minimum atomic E-state index is -4.60. The number of carbonyl (C=O) groups is 2. The molecular weight excluding hydrogens is 335 g/mol. The van der Waals surface area contributed by atoms with E-state index < -0.39 is 35.2 Å². The summed E-state index contributed by atoms with van der Waals surface area (Å²) in [5, 5.41) is 1.83. The number of amides is 1. The molecule has 0 aromatic heterocycles. The number of terminal acetylenes is 1. The van der Waals surface area contributed by atoms with E-state index in [4.69, 9.17) is 18.0 Å². The quantitative estimate of drug-likeness (QED) is 0.507. The van der Waals surface area contributed by atoms with E-state index in [0.29, 0.717) is 0 Å². The van der Waals surface area contributed by atoms with Crippen molar-refractivity contribution in [3.05, 3.63) is 40.4 Å². The first-order valence-electron chi connectivity index (χ1n) is 6.16. The van der Waals surface area contributed by atoms with Gasteiger partial charge in [-0.3, -0.25) is 4.79 Å². The van der Waals surface area contributed by atoms with Gasteiger partial charge in [0.25, 0.3) is 5.91 Å². The van der Waals surface area contributed by atoms with Crippen LogP contribution in [-0.4, -0.2) is 25.0 Å². The highest BCUT2D eigenvalue weighted by atomic mass is 35.5. The van der Waals surface area contributed by atoms with Crippen LogP contribution < -0.4 is 5.32 Å². The molecule has 0 saturated heterocycles. The Morgan fingerprint density at radius 1 is 1.39 bits per heavy atom. The highest BCUT2D eigenvalue weighted by Crippen LogP contribution is 2.35. The number of rotatable bonds is 5. The number of nitrogens with one attached hydrogen (secondary N) is 1. The summed E-state index contributed by atoms with van der Waals surface area (Å²) in [4.78, 5) is 22.5. The number of carbonyl (C=O) groups excluding carboxylic acids is 2. The minimum absolute atomic E-state index is 0.00276. The lowest BCUT2D eigenvalue weighted by atomic mass is 10.1. The van der Waals surface area contributed by atoms with Crippen molar-refractivity contribution < 1.29 is 27.5 Å². The van der Waals surface area contributed by atoms with Crippen LogP contribution in [0.1, 0.15) is 11.1 Å². The number of ether oxygens (including phenoxy) is 1. The average Bonchev–Trinajstić information content (AvgIpc) is 2.48. The topological polar surface area (TPSA) is 55.4 Å². The van der Waals surface area contributed by atoms with Gasteiger partial charge in [0.15, 0.2) is 6.61 Å². The fraction of sp³-hybridized carbons (Fsp3) is 0.200. The molecule has 1 amide bonds. The zero-order chi connectivity index (χ0) is 17.5. The molecular formula is C15H11ClF3NO3. The maximum atomic E-state index is 12.7.